The lowest BCUT2D eigenvalue weighted by Gasteiger charge is -2.19. The Bertz CT molecular complexity index is 1160. The molecule has 3 aromatic rings. The van der Waals surface area contributed by atoms with Crippen LogP contribution in [0.3, 0.4) is 0 Å². The Morgan fingerprint density at radius 2 is 1.81 bits per heavy atom. The van der Waals surface area contributed by atoms with Crippen molar-refractivity contribution in [3.8, 4) is 0 Å². The highest BCUT2D eigenvalue weighted by Gasteiger charge is 2.22. The Morgan fingerprint density at radius 3 is 2.55 bits per heavy atom. The minimum Gasteiger partial charge on any atom is -0.352 e. The third-order valence-electron chi connectivity index (χ3n) is 4.92. The van der Waals surface area contributed by atoms with Gasteiger partial charge in [-0.15, -0.1) is 0 Å². The predicted molar refractivity (Wildman–Crippen MR) is 128 cm³/mol. The summed E-state index contributed by atoms with van der Waals surface area (Å²) in [6.07, 6.45) is 2.59. The van der Waals surface area contributed by atoms with Crippen molar-refractivity contribution in [1.29, 1.82) is 0 Å². The van der Waals surface area contributed by atoms with E-state index in [-0.39, 0.29) is 11.8 Å². The monoisotopic (exact) mass is 448 g/mol. The summed E-state index contributed by atoms with van der Waals surface area (Å²) in [4.78, 5) is 26.6. The molecule has 4 nitrogen and oxygen atoms in total. The van der Waals surface area contributed by atoms with Crippen LogP contribution in [0.15, 0.2) is 76.5 Å². The molecular weight excluding hydrogens is 428 g/mol. The summed E-state index contributed by atoms with van der Waals surface area (Å²) in [6.45, 7) is 2.54. The first-order valence-electron chi connectivity index (χ1n) is 9.92. The molecule has 4 rings (SSSR count). The molecule has 1 heterocycles. The molecule has 1 aliphatic heterocycles. The Kier molecular flexibility index (Phi) is 6.44. The summed E-state index contributed by atoms with van der Waals surface area (Å²) < 4.78 is 0. The maximum Gasteiger partial charge on any atom is 0.262 e. The molecule has 0 spiro atoms. The number of hydrogen-bond donors (Lipinski definition) is 2. The van der Waals surface area contributed by atoms with Crippen molar-refractivity contribution in [3.05, 3.63) is 98.9 Å². The fourth-order valence-corrected chi connectivity index (χ4v) is 4.25. The second-order valence-electron chi connectivity index (χ2n) is 7.32. The molecule has 3 aromatic carbocycles. The molecule has 0 saturated carbocycles. The van der Waals surface area contributed by atoms with E-state index in [1.165, 1.54) is 17.3 Å². The van der Waals surface area contributed by atoms with Crippen molar-refractivity contribution in [2.24, 2.45) is 0 Å². The molecule has 0 atom stereocenters. The number of thioether (sulfide) groups is 1. The van der Waals surface area contributed by atoms with Crippen molar-refractivity contribution < 1.29 is 9.59 Å². The first-order valence-corrected chi connectivity index (χ1v) is 11.1. The van der Waals surface area contributed by atoms with E-state index in [9.17, 15) is 9.59 Å². The normalized spacial score (nSPS) is 14.1. The molecule has 0 aliphatic carbocycles. The number of nitrogens with one attached hydrogen (secondary N) is 2. The maximum absolute atomic E-state index is 12.6. The largest absolute Gasteiger partial charge is 0.352 e. The molecule has 6 heteroatoms. The van der Waals surface area contributed by atoms with Gasteiger partial charge in [-0.05, 0) is 60.9 Å². The number of fused-ring (bicyclic) bond motifs is 1. The summed E-state index contributed by atoms with van der Waals surface area (Å²) >= 11 is 7.30. The van der Waals surface area contributed by atoms with Crippen LogP contribution in [0.25, 0.3) is 6.08 Å². The van der Waals surface area contributed by atoms with E-state index in [1.54, 1.807) is 12.1 Å². The number of carbonyl (C=O) groups excluding carboxylic acids is 2. The first-order chi connectivity index (χ1) is 15.0. The molecule has 0 bridgehead atoms. The fraction of sp³-hybridized carbons (Fsp3) is 0.120. The van der Waals surface area contributed by atoms with Gasteiger partial charge in [-0.3, -0.25) is 9.59 Å². The van der Waals surface area contributed by atoms with Crippen LogP contribution in [0, 0.1) is 6.92 Å². The second-order valence-corrected chi connectivity index (χ2v) is 8.84. The standard InChI is InChI=1S/C25H21ClN2O2S/c1-16-2-4-18(5-3-16)14-23-25(30)28-21-15-19(8-11-22(21)31-23)24(29)27-13-12-17-6-9-20(26)10-7-17/h2-11,14-15H,12-13H2,1H3,(H,27,29)(H,28,30). The van der Waals surface area contributed by atoms with Crippen LogP contribution in [0.2, 0.25) is 5.02 Å². The van der Waals surface area contributed by atoms with Gasteiger partial charge >= 0.3 is 0 Å². The summed E-state index contributed by atoms with van der Waals surface area (Å²) in [5.41, 5.74) is 4.42. The van der Waals surface area contributed by atoms with Gasteiger partial charge < -0.3 is 10.6 Å². The van der Waals surface area contributed by atoms with Gasteiger partial charge in [0.05, 0.1) is 10.6 Å². The Labute approximate surface area is 190 Å². The van der Waals surface area contributed by atoms with E-state index < -0.39 is 0 Å². The molecule has 0 unspecified atom stereocenters. The SMILES string of the molecule is Cc1ccc(C=C2Sc3ccc(C(=O)NCCc4ccc(Cl)cc4)cc3NC2=O)cc1. The average Bonchev–Trinajstić information content (AvgIpc) is 2.77. The number of hydrogen-bond acceptors (Lipinski definition) is 3. The number of amides is 2. The first kappa shape index (κ1) is 21.2. The van der Waals surface area contributed by atoms with Crippen molar-refractivity contribution in [3.63, 3.8) is 0 Å². The lowest BCUT2D eigenvalue weighted by atomic mass is 10.1. The topological polar surface area (TPSA) is 58.2 Å². The van der Waals surface area contributed by atoms with Crippen LogP contribution in [0.5, 0.6) is 0 Å². The van der Waals surface area contributed by atoms with Crippen LogP contribution in [0.4, 0.5) is 5.69 Å². The summed E-state index contributed by atoms with van der Waals surface area (Å²) in [5, 5.41) is 6.52. The van der Waals surface area contributed by atoms with Gasteiger partial charge in [0.1, 0.15) is 0 Å². The molecule has 31 heavy (non-hydrogen) atoms. The minimum atomic E-state index is -0.169. The molecule has 0 saturated heterocycles. The van der Waals surface area contributed by atoms with Crippen molar-refractivity contribution in [1.82, 2.24) is 5.32 Å². The lowest BCUT2D eigenvalue weighted by molar-refractivity contribution is -0.112. The van der Waals surface area contributed by atoms with E-state index in [1.807, 2.05) is 67.6 Å². The number of carbonyl (C=O) groups is 2. The van der Waals surface area contributed by atoms with E-state index in [4.69, 9.17) is 11.6 Å². The zero-order valence-corrected chi connectivity index (χ0v) is 18.5. The number of benzene rings is 3. The molecular formula is C25H21ClN2O2S. The van der Waals surface area contributed by atoms with Crippen molar-refractivity contribution >= 4 is 46.9 Å². The Morgan fingerprint density at radius 1 is 1.06 bits per heavy atom. The van der Waals surface area contributed by atoms with Crippen molar-refractivity contribution in [2.75, 3.05) is 11.9 Å². The van der Waals surface area contributed by atoms with Crippen LogP contribution in [0.1, 0.15) is 27.0 Å². The highest BCUT2D eigenvalue weighted by atomic mass is 35.5. The summed E-state index contributed by atoms with van der Waals surface area (Å²) in [6, 6.07) is 21.0. The van der Waals surface area contributed by atoms with E-state index in [2.05, 4.69) is 10.6 Å². The second kappa shape index (κ2) is 9.41. The number of anilines is 1. The summed E-state index contributed by atoms with van der Waals surface area (Å²) in [5.74, 6) is -0.338. The molecule has 156 valence electrons. The van der Waals surface area contributed by atoms with Gasteiger partial charge in [0.15, 0.2) is 0 Å². The highest BCUT2D eigenvalue weighted by molar-refractivity contribution is 8.04. The van der Waals surface area contributed by atoms with E-state index >= 15 is 0 Å². The maximum atomic E-state index is 12.6. The summed E-state index contributed by atoms with van der Waals surface area (Å²) in [7, 11) is 0. The van der Waals surface area contributed by atoms with Gasteiger partial charge in [-0.1, -0.05) is 65.3 Å². The molecule has 2 amide bonds. The van der Waals surface area contributed by atoms with Crippen LogP contribution < -0.4 is 10.6 Å². The minimum absolute atomic E-state index is 0.168. The molecule has 0 fully saturated rings. The smallest absolute Gasteiger partial charge is 0.262 e. The van der Waals surface area contributed by atoms with Crippen molar-refractivity contribution in [2.45, 2.75) is 18.2 Å². The van der Waals surface area contributed by atoms with E-state index in [0.29, 0.717) is 34.1 Å². The van der Waals surface area contributed by atoms with Gasteiger partial charge in [-0.25, -0.2) is 0 Å². The van der Waals surface area contributed by atoms with Gasteiger partial charge in [0.25, 0.3) is 11.8 Å². The number of rotatable bonds is 5. The van der Waals surface area contributed by atoms with Gasteiger partial charge in [-0.2, -0.15) is 0 Å². The molecule has 0 radical (unpaired) electrons. The molecule has 2 N–H and O–H groups in total. The van der Waals surface area contributed by atoms with E-state index in [0.717, 1.165) is 16.0 Å². The molecule has 1 aliphatic rings. The van der Waals surface area contributed by atoms with Crippen LogP contribution >= 0.6 is 23.4 Å². The predicted octanol–water partition coefficient (Wildman–Crippen LogP) is 5.71. The number of aryl methyl sites for hydroxylation is 1. The average molecular weight is 449 g/mol. The van der Waals surface area contributed by atoms with Gasteiger partial charge in [0.2, 0.25) is 0 Å². The van der Waals surface area contributed by atoms with Crippen LogP contribution in [-0.4, -0.2) is 18.4 Å². The Hall–Kier alpha value is -3.02. The third kappa shape index (κ3) is 5.37. The zero-order valence-electron chi connectivity index (χ0n) is 16.9. The van der Waals surface area contributed by atoms with Gasteiger partial charge in [0, 0.05) is 22.0 Å². The highest BCUT2D eigenvalue weighted by Crippen LogP contribution is 2.39. The zero-order chi connectivity index (χ0) is 21.8. The lowest BCUT2D eigenvalue weighted by Crippen LogP contribution is -2.26. The third-order valence-corrected chi connectivity index (χ3v) is 6.27. The Balaban J connectivity index is 1.41. The van der Waals surface area contributed by atoms with Crippen LogP contribution in [-0.2, 0) is 11.2 Å². The molecule has 0 aromatic heterocycles. The quantitative estimate of drug-likeness (QED) is 0.492. The fourth-order valence-electron chi connectivity index (χ4n) is 3.19. The number of halogens is 1.